The Bertz CT molecular complexity index is 1240. The summed E-state index contributed by atoms with van der Waals surface area (Å²) in [5.41, 5.74) is 3.85. The van der Waals surface area contributed by atoms with Crippen LogP contribution in [0.5, 0.6) is 0 Å². The molecule has 0 radical (unpaired) electrons. The number of aliphatic hydroxyl groups excluding tert-OH is 2. The van der Waals surface area contributed by atoms with Gasteiger partial charge in [0.15, 0.2) is 0 Å². The number of amides is 1. The normalized spacial score (nSPS) is 30.4. The van der Waals surface area contributed by atoms with E-state index in [1.165, 1.54) is 17.5 Å². The Morgan fingerprint density at radius 2 is 1.73 bits per heavy atom. The Balaban J connectivity index is 1.30. The first kappa shape index (κ1) is 33.0. The monoisotopic (exact) mass is 606 g/mol. The predicted octanol–water partition coefficient (Wildman–Crippen LogP) is 3.91. The lowest BCUT2D eigenvalue weighted by Crippen LogP contribution is -2.62. The highest BCUT2D eigenvalue weighted by Crippen LogP contribution is 2.61. The molecular weight excluding hydrogens is 552 g/mol. The van der Waals surface area contributed by atoms with Crippen molar-refractivity contribution in [2.45, 2.75) is 84.5 Å². The van der Waals surface area contributed by atoms with Crippen molar-refractivity contribution in [3.8, 4) is 0 Å². The first-order valence-electron chi connectivity index (χ1n) is 16.5. The molecule has 2 bridgehead atoms. The number of rotatable bonds is 13. The molecule has 44 heavy (non-hydrogen) atoms. The van der Waals surface area contributed by atoms with E-state index in [9.17, 15) is 15.0 Å². The summed E-state index contributed by atoms with van der Waals surface area (Å²) < 4.78 is 0. The van der Waals surface area contributed by atoms with E-state index in [0.717, 1.165) is 38.2 Å². The van der Waals surface area contributed by atoms with E-state index in [4.69, 9.17) is 4.84 Å². The molecule has 2 aromatic rings. The van der Waals surface area contributed by atoms with Crippen molar-refractivity contribution in [3.05, 3.63) is 71.3 Å². The van der Waals surface area contributed by atoms with Crippen molar-refractivity contribution in [2.24, 2.45) is 29.1 Å². The molecule has 3 N–H and O–H groups in total. The van der Waals surface area contributed by atoms with Gasteiger partial charge < -0.3 is 20.4 Å². The average Bonchev–Trinajstić information content (AvgIpc) is 3.36. The number of carbonyl (C=O) groups excluding carboxylic acids is 1. The van der Waals surface area contributed by atoms with Crippen LogP contribution in [0.25, 0.3) is 0 Å². The van der Waals surface area contributed by atoms with Crippen LogP contribution in [-0.2, 0) is 29.3 Å². The van der Waals surface area contributed by atoms with Crippen molar-refractivity contribution in [1.82, 2.24) is 20.2 Å². The molecule has 6 rings (SSSR count). The first-order valence-corrected chi connectivity index (χ1v) is 16.5. The predicted molar refractivity (Wildman–Crippen MR) is 173 cm³/mol. The minimum absolute atomic E-state index is 0.114. The molecule has 0 spiro atoms. The van der Waals surface area contributed by atoms with Crippen LogP contribution < -0.4 is 5.32 Å². The smallest absolute Gasteiger partial charge is 0.240 e. The van der Waals surface area contributed by atoms with Crippen LogP contribution in [0, 0.1) is 29.1 Å². The lowest BCUT2D eigenvalue weighted by Gasteiger charge is -2.62. The number of fused-ring (bicyclic) bond motifs is 2. The van der Waals surface area contributed by atoms with E-state index in [1.807, 2.05) is 6.07 Å². The van der Waals surface area contributed by atoms with E-state index in [-0.39, 0.29) is 18.6 Å². The second kappa shape index (κ2) is 14.0. The molecule has 1 saturated heterocycles. The van der Waals surface area contributed by atoms with E-state index in [1.54, 1.807) is 12.0 Å². The maximum atomic E-state index is 14.0. The van der Waals surface area contributed by atoms with Gasteiger partial charge in [0.2, 0.25) is 5.91 Å². The molecule has 2 aromatic carbocycles. The number of hydroxylamine groups is 2. The largest absolute Gasteiger partial charge is 0.394 e. The van der Waals surface area contributed by atoms with Crippen molar-refractivity contribution in [2.75, 3.05) is 33.8 Å². The maximum absolute atomic E-state index is 14.0. The van der Waals surface area contributed by atoms with Gasteiger partial charge in [0, 0.05) is 38.1 Å². The van der Waals surface area contributed by atoms with Gasteiger partial charge in [0.05, 0.1) is 19.3 Å². The lowest BCUT2D eigenvalue weighted by atomic mass is 9.45. The molecule has 0 aromatic heterocycles. The molecule has 1 aliphatic heterocycles. The maximum Gasteiger partial charge on any atom is 0.240 e. The van der Waals surface area contributed by atoms with Gasteiger partial charge in [-0.25, -0.2) is 0 Å². The van der Waals surface area contributed by atoms with Gasteiger partial charge in [0.1, 0.15) is 12.1 Å². The SMILES string of the molecule is C[C@H](O)[C@@H]1[C@H](CO)ON(Cc2cccc(CN(CCN(C)C)Cc3ccccc3)c2)[C@@H]1C(=O)N[C@H]1CC2CC([C@@H]1C)C2(C)C. The zero-order valence-corrected chi connectivity index (χ0v) is 27.5. The van der Waals surface area contributed by atoms with Crippen molar-refractivity contribution in [3.63, 3.8) is 0 Å². The molecule has 3 saturated carbocycles. The molecule has 4 fully saturated rings. The molecule has 8 atom stereocenters. The Labute approximate surface area is 264 Å². The van der Waals surface area contributed by atoms with E-state index in [0.29, 0.717) is 29.7 Å². The zero-order chi connectivity index (χ0) is 31.6. The van der Waals surface area contributed by atoms with E-state index in [2.05, 4.69) is 98.5 Å². The van der Waals surface area contributed by atoms with Crippen molar-refractivity contribution >= 4 is 5.91 Å². The van der Waals surface area contributed by atoms with E-state index < -0.39 is 24.2 Å². The fourth-order valence-electron chi connectivity index (χ4n) is 8.15. The minimum Gasteiger partial charge on any atom is -0.394 e. The summed E-state index contributed by atoms with van der Waals surface area (Å²) in [5.74, 6) is 1.00. The first-order chi connectivity index (χ1) is 21.0. The van der Waals surface area contributed by atoms with Crippen LogP contribution in [0.1, 0.15) is 57.2 Å². The van der Waals surface area contributed by atoms with Crippen LogP contribution in [0.15, 0.2) is 54.6 Å². The fraction of sp³-hybridized carbons (Fsp3) is 0.639. The van der Waals surface area contributed by atoms with Crippen LogP contribution in [-0.4, -0.2) is 89.1 Å². The molecule has 1 heterocycles. The van der Waals surface area contributed by atoms with Crippen molar-refractivity contribution < 1.29 is 19.8 Å². The van der Waals surface area contributed by atoms with Crippen LogP contribution in [0.4, 0.5) is 0 Å². The van der Waals surface area contributed by atoms with Gasteiger partial charge >= 0.3 is 0 Å². The number of hydrogen-bond acceptors (Lipinski definition) is 7. The van der Waals surface area contributed by atoms with Crippen LogP contribution in [0.2, 0.25) is 0 Å². The van der Waals surface area contributed by atoms with Crippen LogP contribution >= 0.6 is 0 Å². The third-order valence-corrected chi connectivity index (χ3v) is 10.9. The summed E-state index contributed by atoms with van der Waals surface area (Å²) in [6.07, 6.45) is 0.786. The van der Waals surface area contributed by atoms with Gasteiger partial charge in [-0.1, -0.05) is 75.4 Å². The number of hydrogen-bond donors (Lipinski definition) is 3. The molecule has 1 amide bonds. The molecule has 4 aliphatic rings. The number of carbonyl (C=O) groups is 1. The third kappa shape index (κ3) is 7.22. The molecule has 3 aliphatic carbocycles. The minimum atomic E-state index is -0.807. The second-order valence-electron chi connectivity index (χ2n) is 14.6. The molecule has 2 unspecified atom stereocenters. The summed E-state index contributed by atoms with van der Waals surface area (Å²) in [6.45, 7) is 12.4. The Morgan fingerprint density at radius 1 is 1.05 bits per heavy atom. The summed E-state index contributed by atoms with van der Waals surface area (Å²) >= 11 is 0. The molecule has 242 valence electrons. The quantitative estimate of drug-likeness (QED) is 0.319. The third-order valence-electron chi connectivity index (χ3n) is 10.9. The zero-order valence-electron chi connectivity index (χ0n) is 27.5. The second-order valence-corrected chi connectivity index (χ2v) is 14.6. The highest BCUT2D eigenvalue weighted by molar-refractivity contribution is 5.82. The van der Waals surface area contributed by atoms with Gasteiger partial charge in [-0.2, -0.15) is 5.06 Å². The fourth-order valence-corrected chi connectivity index (χ4v) is 8.15. The molecule has 8 nitrogen and oxygen atoms in total. The number of aliphatic hydroxyl groups is 2. The van der Waals surface area contributed by atoms with Gasteiger partial charge in [-0.15, -0.1) is 0 Å². The Morgan fingerprint density at radius 3 is 2.36 bits per heavy atom. The lowest BCUT2D eigenvalue weighted by molar-refractivity contribution is -0.183. The van der Waals surface area contributed by atoms with Gasteiger partial charge in [-0.3, -0.25) is 14.5 Å². The summed E-state index contributed by atoms with van der Waals surface area (Å²) in [6, 6.07) is 18.4. The van der Waals surface area contributed by atoms with Crippen LogP contribution in [0.3, 0.4) is 0 Å². The van der Waals surface area contributed by atoms with Gasteiger partial charge in [-0.05, 0) is 73.7 Å². The molecule has 8 heteroatoms. The van der Waals surface area contributed by atoms with Gasteiger partial charge in [0.25, 0.3) is 0 Å². The average molecular weight is 607 g/mol. The standard InChI is InChI=1S/C36H54N4O4/c1-24-30-18-29(36(30,3)4)19-31(24)37-35(43)34-33(25(2)42)32(23-41)44-40(34)22-28-14-10-13-27(17-28)21-39(16-15-38(5)6)20-26-11-8-7-9-12-26/h7-14,17,24-25,29-34,41-42H,15-16,18-23H2,1-6H3,(H,37,43)/t24-,25-,29?,30?,31-,32-,33+,34-/m0/s1. The topological polar surface area (TPSA) is 88.5 Å². The summed E-state index contributed by atoms with van der Waals surface area (Å²) in [5, 5.41) is 26.0. The summed E-state index contributed by atoms with van der Waals surface area (Å²) in [4.78, 5) is 24.9. The van der Waals surface area contributed by atoms with E-state index >= 15 is 0 Å². The number of benzene rings is 2. The Hall–Kier alpha value is -2.33. The summed E-state index contributed by atoms with van der Waals surface area (Å²) in [7, 11) is 4.20. The number of nitrogens with one attached hydrogen (secondary N) is 1. The highest BCUT2D eigenvalue weighted by Gasteiger charge is 2.57. The number of likely N-dealkylation sites (N-methyl/N-ethyl adjacent to an activating group) is 1. The molecular formula is C36H54N4O4. The number of nitrogens with zero attached hydrogens (tertiary/aromatic N) is 3. The Kier molecular flexibility index (Phi) is 10.5. The highest BCUT2D eigenvalue weighted by atomic mass is 16.7. The van der Waals surface area contributed by atoms with Crippen molar-refractivity contribution in [1.29, 1.82) is 0 Å².